The summed E-state index contributed by atoms with van der Waals surface area (Å²) in [7, 11) is 0. The van der Waals surface area contributed by atoms with Gasteiger partial charge in [0.25, 0.3) is 0 Å². The van der Waals surface area contributed by atoms with Crippen LogP contribution in [-0.2, 0) is 6.61 Å². The Morgan fingerprint density at radius 2 is 2.25 bits per heavy atom. The monoisotopic (exact) mass is 220 g/mol. The highest BCUT2D eigenvalue weighted by molar-refractivity contribution is 5.90. The van der Waals surface area contributed by atoms with Gasteiger partial charge in [0.15, 0.2) is 6.61 Å². The third kappa shape index (κ3) is 2.17. The third-order valence-corrected chi connectivity index (χ3v) is 1.88. The number of ether oxygens (including phenoxy) is 1. The van der Waals surface area contributed by atoms with Gasteiger partial charge in [0.2, 0.25) is 12.2 Å². The van der Waals surface area contributed by atoms with Crippen LogP contribution in [-0.4, -0.2) is 21.2 Å². The Kier molecular flexibility index (Phi) is 2.81. The summed E-state index contributed by atoms with van der Waals surface area (Å²) in [6, 6.07) is 6.36. The van der Waals surface area contributed by atoms with Crippen LogP contribution >= 0.6 is 0 Å². The van der Waals surface area contributed by atoms with Crippen LogP contribution in [0.3, 0.4) is 0 Å². The molecule has 0 aliphatic heterocycles. The second-order valence-corrected chi connectivity index (χ2v) is 2.94. The lowest BCUT2D eigenvalue weighted by Gasteiger charge is -2.06. The Morgan fingerprint density at radius 3 is 2.94 bits per heavy atom. The minimum atomic E-state index is -1.04. The fourth-order valence-corrected chi connectivity index (χ4v) is 1.17. The van der Waals surface area contributed by atoms with E-state index in [9.17, 15) is 4.79 Å². The maximum atomic E-state index is 10.9. The molecular weight excluding hydrogens is 212 g/mol. The lowest BCUT2D eigenvalue weighted by atomic mass is 10.2. The van der Waals surface area contributed by atoms with Gasteiger partial charge in [-0.05, 0) is 12.1 Å². The fraction of sp³-hybridized carbons (Fsp3) is 0.100. The van der Waals surface area contributed by atoms with Crippen LogP contribution in [0.2, 0.25) is 0 Å². The summed E-state index contributed by atoms with van der Waals surface area (Å²) < 4.78 is 9.80. The summed E-state index contributed by atoms with van der Waals surface area (Å²) in [5, 5.41) is 12.4. The molecule has 1 heterocycles. The van der Waals surface area contributed by atoms with Crippen molar-refractivity contribution >= 4 is 5.97 Å². The van der Waals surface area contributed by atoms with Gasteiger partial charge in [-0.3, -0.25) is 0 Å². The molecule has 1 N–H and O–H groups in total. The van der Waals surface area contributed by atoms with E-state index in [-0.39, 0.29) is 17.9 Å². The molecule has 0 spiro atoms. The first kappa shape index (κ1) is 10.2. The van der Waals surface area contributed by atoms with Gasteiger partial charge in [-0.1, -0.05) is 17.3 Å². The van der Waals surface area contributed by atoms with E-state index in [0.717, 1.165) is 0 Å². The molecule has 6 heteroatoms. The van der Waals surface area contributed by atoms with Gasteiger partial charge >= 0.3 is 5.97 Å². The topological polar surface area (TPSA) is 85.5 Å². The van der Waals surface area contributed by atoms with Gasteiger partial charge in [-0.2, -0.15) is 4.98 Å². The van der Waals surface area contributed by atoms with E-state index in [0.29, 0.717) is 5.82 Å². The van der Waals surface area contributed by atoms with Crippen molar-refractivity contribution < 1.29 is 19.2 Å². The summed E-state index contributed by atoms with van der Waals surface area (Å²) in [5.74, 6) is -0.399. The molecule has 0 saturated carbocycles. The molecule has 0 unspecified atom stereocenters. The number of aromatic nitrogens is 2. The average molecular weight is 220 g/mol. The molecule has 0 radical (unpaired) electrons. The van der Waals surface area contributed by atoms with Crippen LogP contribution in [0.1, 0.15) is 16.2 Å². The van der Waals surface area contributed by atoms with Gasteiger partial charge in [0.05, 0.1) is 0 Å². The summed E-state index contributed by atoms with van der Waals surface area (Å²) in [6.07, 6.45) is 1.18. The predicted molar refractivity (Wildman–Crippen MR) is 52.0 cm³/mol. The van der Waals surface area contributed by atoms with Crippen LogP contribution in [0.5, 0.6) is 5.75 Å². The van der Waals surface area contributed by atoms with Crippen LogP contribution in [0.4, 0.5) is 0 Å². The number of nitrogens with zero attached hydrogens (tertiary/aromatic N) is 2. The van der Waals surface area contributed by atoms with Crippen molar-refractivity contribution in [2.45, 2.75) is 6.61 Å². The summed E-state index contributed by atoms with van der Waals surface area (Å²) in [4.78, 5) is 14.6. The van der Waals surface area contributed by atoms with Crippen molar-refractivity contribution in [1.82, 2.24) is 10.1 Å². The Hall–Kier alpha value is -2.37. The number of carboxylic acid groups (broad SMARTS) is 1. The third-order valence-electron chi connectivity index (χ3n) is 1.88. The largest absolute Gasteiger partial charge is 0.485 e. The number of para-hydroxylation sites is 1. The number of carbonyl (C=O) groups is 1. The van der Waals surface area contributed by atoms with Crippen LogP contribution in [0.15, 0.2) is 35.2 Å². The smallest absolute Gasteiger partial charge is 0.339 e. The SMILES string of the molecule is O=C(O)c1ccccc1OCc1ncon1. The first-order valence-corrected chi connectivity index (χ1v) is 4.48. The summed E-state index contributed by atoms with van der Waals surface area (Å²) in [5.41, 5.74) is 0.103. The number of hydrogen-bond acceptors (Lipinski definition) is 5. The number of rotatable bonds is 4. The number of benzene rings is 1. The molecular formula is C10H8N2O4. The second-order valence-electron chi connectivity index (χ2n) is 2.94. The lowest BCUT2D eigenvalue weighted by Crippen LogP contribution is -2.03. The Balaban J connectivity index is 2.12. The van der Waals surface area contributed by atoms with E-state index in [1.54, 1.807) is 18.2 Å². The zero-order valence-electron chi connectivity index (χ0n) is 8.16. The van der Waals surface area contributed by atoms with Gasteiger partial charge < -0.3 is 14.4 Å². The van der Waals surface area contributed by atoms with Gasteiger partial charge in [0.1, 0.15) is 11.3 Å². The quantitative estimate of drug-likeness (QED) is 0.836. The van der Waals surface area contributed by atoms with Crippen molar-refractivity contribution in [3.05, 3.63) is 42.0 Å². The minimum Gasteiger partial charge on any atom is -0.485 e. The zero-order valence-corrected chi connectivity index (χ0v) is 8.16. The first-order chi connectivity index (χ1) is 7.77. The predicted octanol–water partition coefficient (Wildman–Crippen LogP) is 1.35. The molecule has 2 rings (SSSR count). The number of aromatic carboxylic acids is 1. The molecule has 0 saturated heterocycles. The molecule has 1 aromatic carbocycles. The molecule has 6 nitrogen and oxygen atoms in total. The van der Waals surface area contributed by atoms with E-state index < -0.39 is 5.97 Å². The van der Waals surface area contributed by atoms with E-state index in [2.05, 4.69) is 14.7 Å². The molecule has 0 aliphatic rings. The molecule has 0 bridgehead atoms. The van der Waals surface area contributed by atoms with Gasteiger partial charge in [0, 0.05) is 0 Å². The van der Waals surface area contributed by atoms with Gasteiger partial charge in [-0.25, -0.2) is 4.79 Å². The average Bonchev–Trinajstić information content (AvgIpc) is 2.79. The Morgan fingerprint density at radius 1 is 1.44 bits per heavy atom. The van der Waals surface area contributed by atoms with E-state index in [1.165, 1.54) is 12.5 Å². The molecule has 0 aliphatic carbocycles. The van der Waals surface area contributed by atoms with E-state index in [1.807, 2.05) is 0 Å². The molecule has 0 amide bonds. The standard InChI is InChI=1S/C10H8N2O4/c13-10(14)7-3-1-2-4-8(7)15-5-9-11-6-16-12-9/h1-4,6H,5H2,(H,13,14). The molecule has 1 aromatic heterocycles. The molecule has 0 fully saturated rings. The fourth-order valence-electron chi connectivity index (χ4n) is 1.17. The normalized spacial score (nSPS) is 10.0. The first-order valence-electron chi connectivity index (χ1n) is 4.48. The zero-order chi connectivity index (χ0) is 11.4. The second kappa shape index (κ2) is 4.43. The molecule has 82 valence electrons. The summed E-state index contributed by atoms with van der Waals surface area (Å²) in [6.45, 7) is 0.0702. The molecule has 16 heavy (non-hydrogen) atoms. The maximum absolute atomic E-state index is 10.9. The van der Waals surface area contributed by atoms with Crippen molar-refractivity contribution in [2.24, 2.45) is 0 Å². The van der Waals surface area contributed by atoms with Crippen LogP contribution < -0.4 is 4.74 Å². The summed E-state index contributed by atoms with van der Waals surface area (Å²) >= 11 is 0. The van der Waals surface area contributed by atoms with Crippen LogP contribution in [0, 0.1) is 0 Å². The van der Waals surface area contributed by atoms with Crippen molar-refractivity contribution in [3.63, 3.8) is 0 Å². The molecule has 0 atom stereocenters. The molecule has 2 aromatic rings. The van der Waals surface area contributed by atoms with Crippen LogP contribution in [0.25, 0.3) is 0 Å². The maximum Gasteiger partial charge on any atom is 0.339 e. The highest BCUT2D eigenvalue weighted by Crippen LogP contribution is 2.18. The van der Waals surface area contributed by atoms with Gasteiger partial charge in [-0.15, -0.1) is 0 Å². The Bertz CT molecular complexity index is 481. The number of carboxylic acids is 1. The Labute approximate surface area is 90.5 Å². The van der Waals surface area contributed by atoms with E-state index >= 15 is 0 Å². The van der Waals surface area contributed by atoms with Crippen molar-refractivity contribution in [1.29, 1.82) is 0 Å². The van der Waals surface area contributed by atoms with E-state index in [4.69, 9.17) is 9.84 Å². The number of hydrogen-bond donors (Lipinski definition) is 1. The van der Waals surface area contributed by atoms with Crippen molar-refractivity contribution in [3.8, 4) is 5.75 Å². The van der Waals surface area contributed by atoms with Crippen molar-refractivity contribution in [2.75, 3.05) is 0 Å². The highest BCUT2D eigenvalue weighted by Gasteiger charge is 2.10. The highest BCUT2D eigenvalue weighted by atomic mass is 16.5. The minimum absolute atomic E-state index is 0.0702. The lowest BCUT2D eigenvalue weighted by molar-refractivity contribution is 0.0691.